The second-order valence-electron chi connectivity index (χ2n) is 7.92. The van der Waals surface area contributed by atoms with Gasteiger partial charge in [0.15, 0.2) is 17.2 Å². The maximum atomic E-state index is 14.3. The molecule has 3 aromatic rings. The minimum absolute atomic E-state index is 0.0190. The summed E-state index contributed by atoms with van der Waals surface area (Å²) in [7, 11) is 0. The number of fused-ring (bicyclic) bond motifs is 2. The summed E-state index contributed by atoms with van der Waals surface area (Å²) >= 11 is 5.86. The van der Waals surface area contributed by atoms with Crippen LogP contribution in [0.15, 0.2) is 41.2 Å². The van der Waals surface area contributed by atoms with Crippen molar-refractivity contribution in [3.05, 3.63) is 68.7 Å². The number of anilines is 1. The van der Waals surface area contributed by atoms with Crippen molar-refractivity contribution in [3.63, 3.8) is 0 Å². The highest BCUT2D eigenvalue weighted by atomic mass is 35.5. The Morgan fingerprint density at radius 3 is 2.66 bits per heavy atom. The number of halogens is 5. The first kappa shape index (κ1) is 22.4. The highest BCUT2D eigenvalue weighted by molar-refractivity contribution is 6.31. The average Bonchev–Trinajstić information content (AvgIpc) is 2.72. The topological polar surface area (TPSA) is 85.4 Å². The van der Waals surface area contributed by atoms with E-state index < -0.39 is 46.7 Å². The SMILES string of the molecule is CCC1CC(O)(C(F)(F)F)[C@@H](Nc2cccc3[nH]c(=O)ccc23)c2cc(Cl)c(F)c(O)c21. The molecule has 1 aromatic heterocycles. The predicted molar refractivity (Wildman–Crippen MR) is 113 cm³/mol. The lowest BCUT2D eigenvalue weighted by atomic mass is 9.69. The molecular formula is C22H19ClF4N2O3. The first-order valence-electron chi connectivity index (χ1n) is 9.86. The molecule has 5 nitrogen and oxygen atoms in total. The lowest BCUT2D eigenvalue weighted by molar-refractivity contribution is -0.272. The molecule has 1 aliphatic carbocycles. The fraction of sp³-hybridized carbons (Fsp3) is 0.318. The van der Waals surface area contributed by atoms with E-state index in [1.807, 2.05) is 0 Å². The van der Waals surface area contributed by atoms with E-state index in [0.717, 1.165) is 6.07 Å². The van der Waals surface area contributed by atoms with Crippen LogP contribution >= 0.6 is 11.6 Å². The molecule has 4 rings (SSSR count). The third-order valence-corrected chi connectivity index (χ3v) is 6.34. The Morgan fingerprint density at radius 1 is 1.28 bits per heavy atom. The summed E-state index contributed by atoms with van der Waals surface area (Å²) in [6, 6.07) is 6.48. The second kappa shape index (κ2) is 7.67. The Morgan fingerprint density at radius 2 is 2.00 bits per heavy atom. The zero-order valence-corrected chi connectivity index (χ0v) is 17.5. The molecule has 170 valence electrons. The Kier molecular flexibility index (Phi) is 5.37. The number of aromatic hydroxyl groups is 1. The molecule has 2 aromatic carbocycles. The minimum Gasteiger partial charge on any atom is -0.505 e. The van der Waals surface area contributed by atoms with Gasteiger partial charge in [0.25, 0.3) is 0 Å². The summed E-state index contributed by atoms with van der Waals surface area (Å²) in [6.07, 6.45) is -5.71. The maximum absolute atomic E-state index is 14.3. The number of aliphatic hydroxyl groups is 1. The van der Waals surface area contributed by atoms with Gasteiger partial charge < -0.3 is 20.5 Å². The largest absolute Gasteiger partial charge is 0.505 e. The molecule has 0 amide bonds. The van der Waals surface area contributed by atoms with Crippen LogP contribution in [0.4, 0.5) is 23.2 Å². The fourth-order valence-electron chi connectivity index (χ4n) is 4.46. The highest BCUT2D eigenvalue weighted by Gasteiger charge is 2.62. The Bertz CT molecular complexity index is 1260. The molecule has 0 saturated carbocycles. The van der Waals surface area contributed by atoms with Crippen molar-refractivity contribution in [2.45, 2.75) is 43.5 Å². The number of hydrogen-bond acceptors (Lipinski definition) is 4. The van der Waals surface area contributed by atoms with E-state index in [1.54, 1.807) is 13.0 Å². The number of benzene rings is 2. The predicted octanol–water partition coefficient (Wildman–Crippen LogP) is 5.37. The molecule has 1 heterocycles. The van der Waals surface area contributed by atoms with Crippen LogP contribution in [0.25, 0.3) is 10.9 Å². The van der Waals surface area contributed by atoms with Crippen LogP contribution in [-0.2, 0) is 0 Å². The van der Waals surface area contributed by atoms with Gasteiger partial charge in [-0.1, -0.05) is 24.6 Å². The third kappa shape index (κ3) is 3.40. The lowest BCUT2D eigenvalue weighted by Crippen LogP contribution is -2.55. The third-order valence-electron chi connectivity index (χ3n) is 6.07. The van der Waals surface area contributed by atoms with Gasteiger partial charge >= 0.3 is 6.18 Å². The number of aromatic amines is 1. The number of hydrogen-bond donors (Lipinski definition) is 4. The molecule has 10 heteroatoms. The van der Waals surface area contributed by atoms with Crippen LogP contribution in [0.3, 0.4) is 0 Å². The van der Waals surface area contributed by atoms with Crippen LogP contribution in [0.1, 0.15) is 42.9 Å². The molecule has 2 unspecified atom stereocenters. The molecule has 0 saturated heterocycles. The van der Waals surface area contributed by atoms with E-state index in [0.29, 0.717) is 10.9 Å². The zero-order valence-electron chi connectivity index (χ0n) is 16.7. The molecular weight excluding hydrogens is 452 g/mol. The minimum atomic E-state index is -5.05. The van der Waals surface area contributed by atoms with E-state index >= 15 is 0 Å². The van der Waals surface area contributed by atoms with Gasteiger partial charge in [-0.3, -0.25) is 4.79 Å². The van der Waals surface area contributed by atoms with Gasteiger partial charge in [-0.15, -0.1) is 0 Å². The van der Waals surface area contributed by atoms with Gasteiger partial charge in [0.2, 0.25) is 5.56 Å². The smallest absolute Gasteiger partial charge is 0.419 e. The first-order valence-corrected chi connectivity index (χ1v) is 10.2. The van der Waals surface area contributed by atoms with E-state index in [1.165, 1.54) is 24.3 Å². The van der Waals surface area contributed by atoms with Crippen LogP contribution < -0.4 is 10.9 Å². The Hall–Kier alpha value is -2.78. The summed E-state index contributed by atoms with van der Waals surface area (Å²) in [5.41, 5.74) is -3.21. The Balaban J connectivity index is 1.97. The van der Waals surface area contributed by atoms with E-state index in [2.05, 4.69) is 10.3 Å². The van der Waals surface area contributed by atoms with E-state index in [9.17, 15) is 32.6 Å². The number of alkyl halides is 3. The average molecular weight is 471 g/mol. The first-order chi connectivity index (χ1) is 15.0. The van der Waals surface area contributed by atoms with Crippen molar-refractivity contribution in [1.29, 1.82) is 0 Å². The van der Waals surface area contributed by atoms with Crippen molar-refractivity contribution in [2.24, 2.45) is 0 Å². The summed E-state index contributed by atoms with van der Waals surface area (Å²) in [5, 5.41) is 24.0. The van der Waals surface area contributed by atoms with Crippen molar-refractivity contribution < 1.29 is 27.8 Å². The van der Waals surface area contributed by atoms with Crippen molar-refractivity contribution in [3.8, 4) is 5.75 Å². The molecule has 0 fully saturated rings. The molecule has 0 bridgehead atoms. The van der Waals surface area contributed by atoms with Gasteiger partial charge in [-0.2, -0.15) is 13.2 Å². The molecule has 0 spiro atoms. The second-order valence-corrected chi connectivity index (χ2v) is 8.33. The molecule has 1 aliphatic rings. The number of aromatic nitrogens is 1. The van der Waals surface area contributed by atoms with Gasteiger partial charge in [-0.25, -0.2) is 4.39 Å². The van der Waals surface area contributed by atoms with Gasteiger partial charge in [0.1, 0.15) is 0 Å². The van der Waals surface area contributed by atoms with Crippen LogP contribution in [0.2, 0.25) is 5.02 Å². The summed E-state index contributed by atoms with van der Waals surface area (Å²) in [6.45, 7) is 1.59. The number of nitrogens with one attached hydrogen (secondary N) is 2. The van der Waals surface area contributed by atoms with Crippen LogP contribution in [-0.4, -0.2) is 27.0 Å². The Labute approximate surface area is 184 Å². The normalized spacial score (nSPS) is 23.2. The molecule has 0 aliphatic heterocycles. The summed E-state index contributed by atoms with van der Waals surface area (Å²) in [5.74, 6) is -2.90. The van der Waals surface area contributed by atoms with Crippen molar-refractivity contribution in [2.75, 3.05) is 5.32 Å². The quantitative estimate of drug-likeness (QED) is 0.388. The fourth-order valence-corrected chi connectivity index (χ4v) is 4.67. The molecule has 3 atom stereocenters. The maximum Gasteiger partial charge on any atom is 0.419 e. The number of H-pyrrole nitrogens is 1. The molecule has 0 radical (unpaired) electrons. The van der Waals surface area contributed by atoms with Gasteiger partial charge in [0.05, 0.1) is 16.6 Å². The van der Waals surface area contributed by atoms with Crippen LogP contribution in [0.5, 0.6) is 5.75 Å². The zero-order chi connectivity index (χ0) is 23.4. The lowest BCUT2D eigenvalue weighted by Gasteiger charge is -2.46. The molecule has 4 N–H and O–H groups in total. The number of phenols is 1. The summed E-state index contributed by atoms with van der Waals surface area (Å²) < 4.78 is 57.0. The van der Waals surface area contributed by atoms with E-state index in [4.69, 9.17) is 11.6 Å². The monoisotopic (exact) mass is 470 g/mol. The summed E-state index contributed by atoms with van der Waals surface area (Å²) in [4.78, 5) is 14.2. The van der Waals surface area contributed by atoms with E-state index in [-0.39, 0.29) is 28.8 Å². The van der Waals surface area contributed by atoms with Crippen molar-refractivity contribution in [1.82, 2.24) is 4.98 Å². The standard InChI is InChI=1S/C22H19ClF4N2O3/c1-2-10-9-21(32,22(25,26)27)20(12-8-13(23)18(24)19(31)17(10)12)29-15-5-3-4-14-11(15)6-7-16(30)28-14/h3-8,10,20,29,31-32H,2,9H2,1H3,(H,28,30)/t10?,20-,21?/m0/s1. The van der Waals surface area contributed by atoms with Gasteiger partial charge in [0, 0.05) is 22.7 Å². The van der Waals surface area contributed by atoms with Crippen molar-refractivity contribution >= 4 is 28.2 Å². The van der Waals surface area contributed by atoms with Crippen LogP contribution in [0, 0.1) is 5.82 Å². The number of rotatable bonds is 3. The van der Waals surface area contributed by atoms with Gasteiger partial charge in [-0.05, 0) is 48.6 Å². The number of phenolic OH excluding ortho intramolecular Hbond substituents is 1. The number of pyridine rings is 1. The highest BCUT2D eigenvalue weighted by Crippen LogP contribution is 2.56. The molecule has 32 heavy (non-hydrogen) atoms.